The van der Waals surface area contributed by atoms with E-state index in [1.807, 2.05) is 41.0 Å². The zero-order valence-electron chi connectivity index (χ0n) is 17.7. The normalized spacial score (nSPS) is 20.6. The number of pyridine rings is 1. The molecule has 4 rings (SSSR count). The standard InChI is InChI=1S/C23H29ClN4O2/c1-16-5-3-4-8-28(16)22(29)15-26-9-11-27(12-10-26)23(30)20-14-18-13-19(24)6-7-21(18)25-17(20)2/h6-7,13-14,16H,3-5,8-12,15H2,1-2H3/t16-/m0/s1. The second-order valence-electron chi connectivity index (χ2n) is 8.46. The summed E-state index contributed by atoms with van der Waals surface area (Å²) in [5, 5.41) is 1.50. The quantitative estimate of drug-likeness (QED) is 0.752. The number of likely N-dealkylation sites (tertiary alicyclic amines) is 1. The first-order valence-electron chi connectivity index (χ1n) is 10.8. The number of benzene rings is 1. The summed E-state index contributed by atoms with van der Waals surface area (Å²) < 4.78 is 0. The minimum atomic E-state index is -0.00231. The van der Waals surface area contributed by atoms with E-state index in [2.05, 4.69) is 16.8 Å². The summed E-state index contributed by atoms with van der Waals surface area (Å²) in [6, 6.07) is 7.75. The molecule has 7 heteroatoms. The van der Waals surface area contributed by atoms with Gasteiger partial charge in [-0.25, -0.2) is 0 Å². The maximum absolute atomic E-state index is 13.1. The van der Waals surface area contributed by atoms with E-state index in [0.717, 1.165) is 36.0 Å². The first kappa shape index (κ1) is 21.1. The Hall–Kier alpha value is -2.18. The van der Waals surface area contributed by atoms with Crippen molar-refractivity contribution in [2.75, 3.05) is 39.3 Å². The maximum atomic E-state index is 13.1. The van der Waals surface area contributed by atoms with Gasteiger partial charge in [-0.05, 0) is 57.4 Å². The number of piperidine rings is 1. The van der Waals surface area contributed by atoms with Crippen LogP contribution in [0.4, 0.5) is 0 Å². The number of halogens is 1. The number of carbonyl (C=O) groups is 2. The highest BCUT2D eigenvalue weighted by atomic mass is 35.5. The smallest absolute Gasteiger partial charge is 0.255 e. The summed E-state index contributed by atoms with van der Waals surface area (Å²) in [7, 11) is 0. The topological polar surface area (TPSA) is 56.8 Å². The molecule has 0 saturated carbocycles. The molecule has 2 aromatic rings. The first-order valence-corrected chi connectivity index (χ1v) is 11.2. The van der Waals surface area contributed by atoms with Crippen molar-refractivity contribution in [3.8, 4) is 0 Å². The van der Waals surface area contributed by atoms with Gasteiger partial charge in [0.25, 0.3) is 5.91 Å². The Morgan fingerprint density at radius 1 is 1.10 bits per heavy atom. The van der Waals surface area contributed by atoms with Crippen LogP contribution in [-0.4, -0.2) is 76.8 Å². The fourth-order valence-electron chi connectivity index (χ4n) is 4.49. The largest absolute Gasteiger partial charge is 0.339 e. The number of aryl methyl sites for hydroxylation is 1. The Morgan fingerprint density at radius 3 is 2.60 bits per heavy atom. The lowest BCUT2D eigenvalue weighted by Gasteiger charge is -2.38. The lowest BCUT2D eigenvalue weighted by molar-refractivity contribution is -0.136. The number of nitrogens with zero attached hydrogens (tertiary/aromatic N) is 4. The summed E-state index contributed by atoms with van der Waals surface area (Å²) >= 11 is 6.10. The summed E-state index contributed by atoms with van der Waals surface area (Å²) in [6.07, 6.45) is 3.40. The van der Waals surface area contributed by atoms with Crippen LogP contribution in [0.5, 0.6) is 0 Å². The molecule has 1 atom stereocenters. The average Bonchev–Trinajstić information content (AvgIpc) is 2.74. The van der Waals surface area contributed by atoms with E-state index in [1.54, 1.807) is 0 Å². The van der Waals surface area contributed by atoms with E-state index in [1.165, 1.54) is 6.42 Å². The summed E-state index contributed by atoms with van der Waals surface area (Å²) in [4.78, 5) is 36.5. The lowest BCUT2D eigenvalue weighted by atomic mass is 10.0. The third-order valence-corrected chi connectivity index (χ3v) is 6.57. The summed E-state index contributed by atoms with van der Waals surface area (Å²) in [5.41, 5.74) is 2.19. The van der Waals surface area contributed by atoms with Gasteiger partial charge in [0.15, 0.2) is 0 Å². The van der Waals surface area contributed by atoms with Crippen molar-refractivity contribution in [3.63, 3.8) is 0 Å². The minimum absolute atomic E-state index is 0.00231. The fourth-order valence-corrected chi connectivity index (χ4v) is 4.67. The number of rotatable bonds is 3. The number of fused-ring (bicyclic) bond motifs is 1. The number of hydrogen-bond donors (Lipinski definition) is 0. The van der Waals surface area contributed by atoms with Crippen LogP contribution in [0.25, 0.3) is 10.9 Å². The Morgan fingerprint density at radius 2 is 1.87 bits per heavy atom. The van der Waals surface area contributed by atoms with Crippen molar-refractivity contribution in [1.82, 2.24) is 19.7 Å². The summed E-state index contributed by atoms with van der Waals surface area (Å²) in [5.74, 6) is 0.214. The third-order valence-electron chi connectivity index (χ3n) is 6.34. The SMILES string of the molecule is Cc1nc2ccc(Cl)cc2cc1C(=O)N1CCN(CC(=O)N2CCCC[C@@H]2C)CC1. The molecule has 0 radical (unpaired) electrons. The molecule has 1 aromatic heterocycles. The predicted octanol–water partition coefficient (Wildman–Crippen LogP) is 3.36. The fraction of sp³-hybridized carbons (Fsp3) is 0.522. The monoisotopic (exact) mass is 428 g/mol. The Bertz CT molecular complexity index is 956. The van der Waals surface area contributed by atoms with Crippen molar-refractivity contribution in [3.05, 3.63) is 40.5 Å². The summed E-state index contributed by atoms with van der Waals surface area (Å²) in [6.45, 7) is 8.00. The number of aromatic nitrogens is 1. The maximum Gasteiger partial charge on any atom is 0.255 e. The highest BCUT2D eigenvalue weighted by Crippen LogP contribution is 2.22. The van der Waals surface area contributed by atoms with Crippen molar-refractivity contribution >= 4 is 34.3 Å². The van der Waals surface area contributed by atoms with E-state index in [-0.39, 0.29) is 11.8 Å². The van der Waals surface area contributed by atoms with Crippen LogP contribution in [0.15, 0.2) is 24.3 Å². The van der Waals surface area contributed by atoms with Gasteiger partial charge in [0.05, 0.1) is 23.3 Å². The van der Waals surface area contributed by atoms with Crippen LogP contribution in [0.3, 0.4) is 0 Å². The van der Waals surface area contributed by atoms with Crippen molar-refractivity contribution in [2.45, 2.75) is 39.2 Å². The molecule has 0 aliphatic carbocycles. The van der Waals surface area contributed by atoms with Gasteiger partial charge in [0.2, 0.25) is 5.91 Å². The molecule has 160 valence electrons. The van der Waals surface area contributed by atoms with Crippen LogP contribution in [0, 0.1) is 6.92 Å². The number of piperazine rings is 1. The van der Waals surface area contributed by atoms with Crippen LogP contribution in [0.2, 0.25) is 5.02 Å². The molecule has 3 heterocycles. The zero-order chi connectivity index (χ0) is 21.3. The van der Waals surface area contributed by atoms with Crippen LogP contribution >= 0.6 is 11.6 Å². The van der Waals surface area contributed by atoms with Crippen LogP contribution < -0.4 is 0 Å². The van der Waals surface area contributed by atoms with E-state index in [0.29, 0.717) is 49.4 Å². The van der Waals surface area contributed by atoms with Gasteiger partial charge in [-0.2, -0.15) is 0 Å². The van der Waals surface area contributed by atoms with Gasteiger partial charge in [0, 0.05) is 49.2 Å². The van der Waals surface area contributed by atoms with E-state index < -0.39 is 0 Å². The molecule has 0 unspecified atom stereocenters. The first-order chi connectivity index (χ1) is 14.4. The Balaban J connectivity index is 1.38. The average molecular weight is 429 g/mol. The zero-order valence-corrected chi connectivity index (χ0v) is 18.5. The molecule has 6 nitrogen and oxygen atoms in total. The Labute approximate surface area is 182 Å². The molecular weight excluding hydrogens is 400 g/mol. The van der Waals surface area contributed by atoms with Crippen molar-refractivity contribution < 1.29 is 9.59 Å². The molecule has 1 aromatic carbocycles. The molecule has 2 amide bonds. The predicted molar refractivity (Wildman–Crippen MR) is 119 cm³/mol. The molecule has 2 aliphatic heterocycles. The second kappa shape index (κ2) is 8.90. The Kier molecular flexibility index (Phi) is 6.25. The van der Waals surface area contributed by atoms with Crippen molar-refractivity contribution in [1.29, 1.82) is 0 Å². The van der Waals surface area contributed by atoms with E-state index >= 15 is 0 Å². The number of amides is 2. The third kappa shape index (κ3) is 4.44. The molecule has 0 bridgehead atoms. The lowest BCUT2D eigenvalue weighted by Crippen LogP contribution is -2.53. The van der Waals surface area contributed by atoms with Gasteiger partial charge in [0.1, 0.15) is 0 Å². The van der Waals surface area contributed by atoms with Crippen molar-refractivity contribution in [2.24, 2.45) is 0 Å². The molecule has 0 N–H and O–H groups in total. The highest BCUT2D eigenvalue weighted by Gasteiger charge is 2.28. The van der Waals surface area contributed by atoms with Gasteiger partial charge in [-0.1, -0.05) is 11.6 Å². The highest BCUT2D eigenvalue weighted by molar-refractivity contribution is 6.31. The van der Waals surface area contributed by atoms with E-state index in [4.69, 9.17) is 11.6 Å². The number of carbonyl (C=O) groups excluding carboxylic acids is 2. The van der Waals surface area contributed by atoms with E-state index in [9.17, 15) is 9.59 Å². The molecule has 0 spiro atoms. The van der Waals surface area contributed by atoms with Crippen LogP contribution in [-0.2, 0) is 4.79 Å². The molecule has 2 saturated heterocycles. The van der Waals surface area contributed by atoms with Gasteiger partial charge < -0.3 is 9.80 Å². The molecule has 2 fully saturated rings. The molecular formula is C23H29ClN4O2. The second-order valence-corrected chi connectivity index (χ2v) is 8.90. The molecule has 2 aliphatic rings. The number of hydrogen-bond acceptors (Lipinski definition) is 4. The minimum Gasteiger partial charge on any atom is -0.339 e. The van der Waals surface area contributed by atoms with Gasteiger partial charge in [-0.15, -0.1) is 0 Å². The molecule has 30 heavy (non-hydrogen) atoms. The van der Waals surface area contributed by atoms with Gasteiger partial charge in [-0.3, -0.25) is 19.5 Å². The van der Waals surface area contributed by atoms with Crippen LogP contribution in [0.1, 0.15) is 42.2 Å². The van der Waals surface area contributed by atoms with Gasteiger partial charge >= 0.3 is 0 Å².